The van der Waals surface area contributed by atoms with Crippen LogP contribution in [0.15, 0.2) is 64.0 Å². The zero-order chi connectivity index (χ0) is 19.9. The third-order valence-electron chi connectivity index (χ3n) is 4.28. The van der Waals surface area contributed by atoms with E-state index in [1.807, 2.05) is 44.2 Å². The van der Waals surface area contributed by atoms with Gasteiger partial charge in [0.05, 0.1) is 11.4 Å². The monoisotopic (exact) mass is 452 g/mol. The van der Waals surface area contributed by atoms with Crippen LogP contribution in [0.1, 0.15) is 25.8 Å². The molecule has 5 nitrogen and oxygen atoms in total. The largest absolute Gasteiger partial charge is 0.353 e. The summed E-state index contributed by atoms with van der Waals surface area (Å²) >= 11 is 3.31. The van der Waals surface area contributed by atoms with Gasteiger partial charge in [-0.25, -0.2) is 8.42 Å². The van der Waals surface area contributed by atoms with Crippen molar-refractivity contribution in [1.82, 2.24) is 9.62 Å². The molecule has 0 radical (unpaired) electrons. The first-order valence-electron chi connectivity index (χ1n) is 8.92. The normalized spacial score (nSPS) is 12.7. The van der Waals surface area contributed by atoms with E-state index in [-0.39, 0.29) is 29.9 Å². The molecule has 146 valence electrons. The Hall–Kier alpha value is -1.70. The maximum Gasteiger partial charge on any atom is 0.243 e. The number of rotatable bonds is 9. The van der Waals surface area contributed by atoms with Gasteiger partial charge in [-0.3, -0.25) is 4.79 Å². The SMILES string of the molecule is CC[C@H](C)NC(=O)CN(CCc1ccccc1)S(=O)(=O)c1ccc(Br)cc1. The fourth-order valence-electron chi connectivity index (χ4n) is 2.52. The summed E-state index contributed by atoms with van der Waals surface area (Å²) in [7, 11) is -3.77. The smallest absolute Gasteiger partial charge is 0.243 e. The highest BCUT2D eigenvalue weighted by Crippen LogP contribution is 2.19. The lowest BCUT2D eigenvalue weighted by Gasteiger charge is -2.23. The lowest BCUT2D eigenvalue weighted by Crippen LogP contribution is -2.44. The van der Waals surface area contributed by atoms with Gasteiger partial charge in [-0.1, -0.05) is 53.2 Å². The second-order valence-corrected chi connectivity index (χ2v) is 9.26. The first kappa shape index (κ1) is 21.6. The highest BCUT2D eigenvalue weighted by atomic mass is 79.9. The summed E-state index contributed by atoms with van der Waals surface area (Å²) in [5.41, 5.74) is 1.02. The summed E-state index contributed by atoms with van der Waals surface area (Å²) in [5.74, 6) is -0.293. The zero-order valence-electron chi connectivity index (χ0n) is 15.6. The maximum atomic E-state index is 13.1. The molecule has 0 bridgehead atoms. The van der Waals surface area contributed by atoms with Crippen molar-refractivity contribution in [3.63, 3.8) is 0 Å². The second-order valence-electron chi connectivity index (χ2n) is 6.40. The molecule has 0 aliphatic carbocycles. The molecule has 0 saturated carbocycles. The Morgan fingerprint density at radius 2 is 1.74 bits per heavy atom. The van der Waals surface area contributed by atoms with Gasteiger partial charge < -0.3 is 5.32 Å². The minimum absolute atomic E-state index is 0.00357. The predicted octanol–water partition coefficient (Wildman–Crippen LogP) is 3.60. The van der Waals surface area contributed by atoms with E-state index in [1.165, 1.54) is 4.31 Å². The summed E-state index contributed by atoms with van der Waals surface area (Å²) < 4.78 is 28.2. The molecule has 0 saturated heterocycles. The van der Waals surface area contributed by atoms with Crippen molar-refractivity contribution in [3.8, 4) is 0 Å². The molecule has 7 heteroatoms. The molecule has 0 aliphatic heterocycles. The van der Waals surface area contributed by atoms with Crippen LogP contribution in [0.4, 0.5) is 0 Å². The molecular formula is C20H25BrN2O3S. The number of carbonyl (C=O) groups excluding carboxylic acids is 1. The summed E-state index contributed by atoms with van der Waals surface area (Å²) in [6.07, 6.45) is 1.32. The molecule has 0 heterocycles. The highest BCUT2D eigenvalue weighted by molar-refractivity contribution is 9.10. The number of benzene rings is 2. The van der Waals surface area contributed by atoms with Crippen LogP contribution in [0.2, 0.25) is 0 Å². The maximum absolute atomic E-state index is 13.1. The number of amides is 1. The molecule has 0 aromatic heterocycles. The van der Waals surface area contributed by atoms with Crippen LogP contribution < -0.4 is 5.32 Å². The number of sulfonamides is 1. The molecule has 1 amide bonds. The third-order valence-corrected chi connectivity index (χ3v) is 6.67. The first-order chi connectivity index (χ1) is 12.8. The zero-order valence-corrected chi connectivity index (χ0v) is 18.0. The number of nitrogens with one attached hydrogen (secondary N) is 1. The molecule has 27 heavy (non-hydrogen) atoms. The van der Waals surface area contributed by atoms with Gasteiger partial charge in [0.25, 0.3) is 0 Å². The van der Waals surface area contributed by atoms with Gasteiger partial charge in [0.15, 0.2) is 0 Å². The van der Waals surface area contributed by atoms with Crippen molar-refractivity contribution in [3.05, 3.63) is 64.6 Å². The topological polar surface area (TPSA) is 66.5 Å². The van der Waals surface area contributed by atoms with Crippen molar-refractivity contribution in [2.24, 2.45) is 0 Å². The van der Waals surface area contributed by atoms with Crippen molar-refractivity contribution in [2.75, 3.05) is 13.1 Å². The molecule has 2 rings (SSSR count). The number of halogens is 1. The Bertz CT molecular complexity index is 839. The van der Waals surface area contributed by atoms with Crippen LogP contribution >= 0.6 is 15.9 Å². The van der Waals surface area contributed by atoms with Crippen LogP contribution in [-0.2, 0) is 21.2 Å². The molecule has 0 unspecified atom stereocenters. The molecule has 1 atom stereocenters. The van der Waals surface area contributed by atoms with Crippen molar-refractivity contribution >= 4 is 31.9 Å². The second kappa shape index (κ2) is 10.0. The van der Waals surface area contributed by atoms with Gasteiger partial charge in [-0.15, -0.1) is 0 Å². The summed E-state index contributed by atoms with van der Waals surface area (Å²) in [5, 5.41) is 2.84. The van der Waals surface area contributed by atoms with Crippen molar-refractivity contribution in [1.29, 1.82) is 0 Å². The van der Waals surface area contributed by atoms with Gasteiger partial charge in [-0.2, -0.15) is 4.31 Å². The molecule has 2 aromatic rings. The Morgan fingerprint density at radius 1 is 1.11 bits per heavy atom. The number of hydrogen-bond acceptors (Lipinski definition) is 3. The van der Waals surface area contributed by atoms with Crippen molar-refractivity contribution < 1.29 is 13.2 Å². The molecular weight excluding hydrogens is 428 g/mol. The summed E-state index contributed by atoms with van der Waals surface area (Å²) in [6, 6.07) is 16.1. The summed E-state index contributed by atoms with van der Waals surface area (Å²) in [6.45, 7) is 3.90. The van der Waals surface area contributed by atoms with E-state index in [0.29, 0.717) is 6.42 Å². The molecule has 1 N–H and O–H groups in total. The van der Waals surface area contributed by atoms with E-state index in [9.17, 15) is 13.2 Å². The van der Waals surface area contributed by atoms with Crippen molar-refractivity contribution in [2.45, 2.75) is 37.6 Å². The fourth-order valence-corrected chi connectivity index (χ4v) is 4.18. The van der Waals surface area contributed by atoms with E-state index < -0.39 is 10.0 Å². The molecule has 0 spiro atoms. The molecule has 0 fully saturated rings. The van der Waals surface area contributed by atoms with Gasteiger partial charge in [-0.05, 0) is 49.6 Å². The minimum Gasteiger partial charge on any atom is -0.353 e. The van der Waals surface area contributed by atoms with E-state index in [1.54, 1.807) is 24.3 Å². The standard InChI is InChI=1S/C20H25BrN2O3S/c1-3-16(2)22-20(24)15-23(14-13-17-7-5-4-6-8-17)27(25,26)19-11-9-18(21)10-12-19/h4-12,16H,3,13-15H2,1-2H3,(H,22,24)/t16-/m0/s1. The first-order valence-corrected chi connectivity index (χ1v) is 11.1. The van der Waals surface area contributed by atoms with Gasteiger partial charge in [0, 0.05) is 17.1 Å². The quantitative estimate of drug-likeness (QED) is 0.631. The van der Waals surface area contributed by atoms with Crippen LogP contribution in [0, 0.1) is 0 Å². The van der Waals surface area contributed by atoms with Gasteiger partial charge in [0.1, 0.15) is 0 Å². The number of carbonyl (C=O) groups is 1. The number of nitrogens with zero attached hydrogens (tertiary/aromatic N) is 1. The van der Waals surface area contributed by atoms with Crippen LogP contribution in [0.25, 0.3) is 0 Å². The Balaban J connectivity index is 2.21. The molecule has 0 aliphatic rings. The lowest BCUT2D eigenvalue weighted by molar-refractivity contribution is -0.121. The third kappa shape index (κ3) is 6.45. The average molecular weight is 453 g/mol. The predicted molar refractivity (Wildman–Crippen MR) is 111 cm³/mol. The average Bonchev–Trinajstić information content (AvgIpc) is 2.66. The Labute approximate surface area is 170 Å². The van der Waals surface area contributed by atoms with E-state index >= 15 is 0 Å². The Kier molecular flexibility index (Phi) is 8.01. The van der Waals surface area contributed by atoms with Gasteiger partial charge >= 0.3 is 0 Å². The Morgan fingerprint density at radius 3 is 2.33 bits per heavy atom. The lowest BCUT2D eigenvalue weighted by atomic mass is 10.1. The molecule has 2 aromatic carbocycles. The number of hydrogen-bond donors (Lipinski definition) is 1. The fraction of sp³-hybridized carbons (Fsp3) is 0.350. The minimum atomic E-state index is -3.77. The van der Waals surface area contributed by atoms with Gasteiger partial charge in [0.2, 0.25) is 15.9 Å². The summed E-state index contributed by atoms with van der Waals surface area (Å²) in [4.78, 5) is 12.5. The highest BCUT2D eigenvalue weighted by Gasteiger charge is 2.26. The van der Waals surface area contributed by atoms with E-state index in [0.717, 1.165) is 16.5 Å². The van der Waals surface area contributed by atoms with Crippen LogP contribution in [-0.4, -0.2) is 37.8 Å². The van der Waals surface area contributed by atoms with E-state index in [4.69, 9.17) is 0 Å². The van der Waals surface area contributed by atoms with Crippen LogP contribution in [0.3, 0.4) is 0 Å². The van der Waals surface area contributed by atoms with Crippen LogP contribution in [0.5, 0.6) is 0 Å². The van der Waals surface area contributed by atoms with E-state index in [2.05, 4.69) is 21.2 Å².